The molecule has 0 aliphatic heterocycles. The van der Waals surface area contributed by atoms with E-state index >= 15 is 18.0 Å². The molecular weight excluding hydrogens is 911 g/mol. The van der Waals surface area contributed by atoms with Crippen LogP contribution in [-0.2, 0) is 30.1 Å². The van der Waals surface area contributed by atoms with Gasteiger partial charge in [0.25, 0.3) is 24.3 Å². The number of carbonyl (C=O) groups excluding carboxylic acids is 1. The van der Waals surface area contributed by atoms with Crippen molar-refractivity contribution in [2.75, 3.05) is 11.9 Å². The minimum absolute atomic E-state index is 0.0674. The highest BCUT2D eigenvalue weighted by Gasteiger charge is 2.51. The van der Waals surface area contributed by atoms with E-state index in [0.29, 0.717) is 10.7 Å². The van der Waals surface area contributed by atoms with Crippen molar-refractivity contribution >= 4 is 51.9 Å². The van der Waals surface area contributed by atoms with Gasteiger partial charge in [-0.2, -0.15) is 18.3 Å². The maximum Gasteiger partial charge on any atom is 0.292 e. The molecule has 8 rings (SSSR count). The van der Waals surface area contributed by atoms with Crippen LogP contribution in [0.15, 0.2) is 82.0 Å². The van der Waals surface area contributed by atoms with E-state index in [4.69, 9.17) is 22.3 Å². The summed E-state index contributed by atoms with van der Waals surface area (Å²) in [6.07, 6.45) is -5.54. The largest absolute Gasteiger partial charge is 0.383 e. The van der Waals surface area contributed by atoms with Crippen LogP contribution in [0, 0.1) is 23.4 Å². The first-order chi connectivity index (χ1) is 30.9. The van der Waals surface area contributed by atoms with E-state index in [1.54, 1.807) is 6.07 Å². The SMILES string of the molecule is CC1Cc2c(C(F)F)nn(CC(=O)NC(Cc3cc(F)cc(F)c3)c3nc4cc(-c5ccccc5F)ccc4c(=O)n3-c3ccc(Cl)c(C(N)=NSC4CC4)c3NCC(F)F)c2C1(F)F. The minimum atomic E-state index is -3.67. The van der Waals surface area contributed by atoms with Crippen molar-refractivity contribution < 1.29 is 44.3 Å². The number of alkyl halides is 6. The fraction of sp³-hybridized carbons (Fsp3) is 0.295. The van der Waals surface area contributed by atoms with Crippen LogP contribution in [0.2, 0.25) is 5.02 Å². The van der Waals surface area contributed by atoms with E-state index < -0.39 is 108 Å². The van der Waals surface area contributed by atoms with E-state index in [2.05, 4.69) is 20.1 Å². The Bertz CT molecular complexity index is 2900. The van der Waals surface area contributed by atoms with Gasteiger partial charge in [0, 0.05) is 34.8 Å². The topological polar surface area (TPSA) is 132 Å². The molecule has 4 N–H and O–H groups in total. The number of amides is 1. The molecule has 4 aromatic carbocycles. The summed E-state index contributed by atoms with van der Waals surface area (Å²) < 4.78 is 138. The van der Waals surface area contributed by atoms with Crippen LogP contribution in [-0.4, -0.2) is 49.3 Å². The van der Waals surface area contributed by atoms with Gasteiger partial charge in [-0.15, -0.1) is 0 Å². The molecule has 21 heteroatoms. The first-order valence-corrected chi connectivity index (χ1v) is 21.3. The summed E-state index contributed by atoms with van der Waals surface area (Å²) in [5, 5.41) is 8.84. The lowest BCUT2D eigenvalue weighted by Crippen LogP contribution is -2.38. The number of anilines is 1. The van der Waals surface area contributed by atoms with Gasteiger partial charge in [0.05, 0.1) is 45.5 Å². The summed E-state index contributed by atoms with van der Waals surface area (Å²) in [4.78, 5) is 34.0. The summed E-state index contributed by atoms with van der Waals surface area (Å²) in [5.74, 6) is -9.54. The first kappa shape index (κ1) is 45.5. The van der Waals surface area contributed by atoms with Gasteiger partial charge in [-0.25, -0.2) is 35.7 Å². The van der Waals surface area contributed by atoms with E-state index in [-0.39, 0.29) is 60.6 Å². The Hall–Kier alpha value is -6.02. The predicted octanol–water partition coefficient (Wildman–Crippen LogP) is 9.83. The fourth-order valence-electron chi connectivity index (χ4n) is 7.84. The van der Waals surface area contributed by atoms with Crippen molar-refractivity contribution in [1.82, 2.24) is 24.6 Å². The van der Waals surface area contributed by atoms with E-state index in [1.165, 1.54) is 48.5 Å². The van der Waals surface area contributed by atoms with Gasteiger partial charge < -0.3 is 16.4 Å². The second-order valence-corrected chi connectivity index (χ2v) is 17.2. The lowest BCUT2D eigenvalue weighted by atomic mass is 10.0. The van der Waals surface area contributed by atoms with Gasteiger partial charge in [-0.1, -0.05) is 42.8 Å². The van der Waals surface area contributed by atoms with Gasteiger partial charge in [0.2, 0.25) is 5.91 Å². The average molecular weight is 947 g/mol. The molecule has 2 atom stereocenters. The summed E-state index contributed by atoms with van der Waals surface area (Å²) in [6, 6.07) is 13.2. The number of nitrogens with one attached hydrogen (secondary N) is 2. The number of fused-ring (bicyclic) bond motifs is 2. The van der Waals surface area contributed by atoms with Gasteiger partial charge in [0.1, 0.15) is 47.0 Å². The van der Waals surface area contributed by atoms with Crippen molar-refractivity contribution in [1.29, 1.82) is 0 Å². The van der Waals surface area contributed by atoms with Crippen LogP contribution in [0.5, 0.6) is 0 Å². The number of rotatable bonds is 15. The molecule has 0 radical (unpaired) electrons. The number of amidine groups is 1. The molecule has 2 aromatic heterocycles. The molecule has 2 aliphatic rings. The molecule has 0 saturated heterocycles. The monoisotopic (exact) mass is 946 g/mol. The second kappa shape index (κ2) is 18.1. The van der Waals surface area contributed by atoms with Crippen molar-refractivity contribution in [3.05, 3.63) is 140 Å². The van der Waals surface area contributed by atoms with Crippen LogP contribution in [0.1, 0.15) is 66.1 Å². The zero-order valence-electron chi connectivity index (χ0n) is 33.9. The highest BCUT2D eigenvalue weighted by atomic mass is 35.5. The van der Waals surface area contributed by atoms with Crippen LogP contribution < -0.4 is 21.9 Å². The third-order valence-electron chi connectivity index (χ3n) is 11.0. The van der Waals surface area contributed by atoms with E-state index in [9.17, 15) is 31.1 Å². The van der Waals surface area contributed by atoms with E-state index in [0.717, 1.165) is 48.4 Å². The number of nitrogens with two attached hydrogens (primary N) is 1. The molecule has 10 nitrogen and oxygen atoms in total. The molecule has 2 unspecified atom stereocenters. The average Bonchev–Trinajstić information content (AvgIpc) is 3.95. The Morgan fingerprint density at radius 2 is 1.74 bits per heavy atom. The van der Waals surface area contributed by atoms with E-state index in [1.807, 2.05) is 0 Å². The van der Waals surface area contributed by atoms with Crippen LogP contribution in [0.4, 0.5) is 45.2 Å². The van der Waals surface area contributed by atoms with Crippen molar-refractivity contribution in [2.45, 2.75) is 69.2 Å². The Balaban J connectivity index is 1.36. The standard InChI is InChI=1S/C44H36ClF9N8O2S/c1-20-12-28-37(40(51)52)59-61(39(28)44(20,53)54)19-35(63)57-32(15-21-13-23(46)17-24(47)14-21)42-58-31-16-22(26-4-2-3-5-30(26)48)6-9-27(31)43(64)62(42)33-11-10-29(45)36(38(33)56-18-34(49)50)41(55)60-65-25-7-8-25/h2-6,9-11,13-14,16-17,20,25,32,34,40,56H,7-8,12,15,18-19H2,1H3,(H2,55,60)(H,57,63). The maximum atomic E-state index is 15.5. The fourth-order valence-corrected chi connectivity index (χ4v) is 8.80. The summed E-state index contributed by atoms with van der Waals surface area (Å²) >= 11 is 7.80. The van der Waals surface area contributed by atoms with Crippen LogP contribution >= 0.6 is 23.5 Å². The molecule has 2 heterocycles. The predicted molar refractivity (Wildman–Crippen MR) is 228 cm³/mol. The molecule has 340 valence electrons. The quantitative estimate of drug-likeness (QED) is 0.0404. The Morgan fingerprint density at radius 3 is 2.42 bits per heavy atom. The lowest BCUT2D eigenvalue weighted by molar-refractivity contribution is -0.123. The zero-order chi connectivity index (χ0) is 46.5. The molecule has 2 aliphatic carbocycles. The molecule has 6 aromatic rings. The highest BCUT2D eigenvalue weighted by Crippen LogP contribution is 2.48. The van der Waals surface area contributed by atoms with Gasteiger partial charge in [-0.05, 0) is 84.8 Å². The smallest absolute Gasteiger partial charge is 0.292 e. The summed E-state index contributed by atoms with van der Waals surface area (Å²) in [6.45, 7) is -0.909. The number of nitrogens with zero attached hydrogens (tertiary/aromatic N) is 5. The van der Waals surface area contributed by atoms with Crippen molar-refractivity contribution in [3.8, 4) is 16.8 Å². The normalized spacial score (nSPS) is 16.4. The number of hydrogen-bond acceptors (Lipinski definition) is 7. The number of carbonyl (C=O) groups is 1. The Labute approximate surface area is 373 Å². The van der Waals surface area contributed by atoms with Gasteiger partial charge >= 0.3 is 0 Å². The number of benzene rings is 4. The van der Waals surface area contributed by atoms with Gasteiger partial charge in [0.15, 0.2) is 0 Å². The zero-order valence-corrected chi connectivity index (χ0v) is 35.4. The maximum absolute atomic E-state index is 15.5. The van der Waals surface area contributed by atoms with Crippen molar-refractivity contribution in [2.24, 2.45) is 16.0 Å². The van der Waals surface area contributed by atoms with Crippen molar-refractivity contribution in [3.63, 3.8) is 0 Å². The van der Waals surface area contributed by atoms with Gasteiger partial charge in [-0.3, -0.25) is 18.8 Å². The number of aromatic nitrogens is 4. The molecular formula is C44H36ClF9N8O2S. The Morgan fingerprint density at radius 1 is 1.02 bits per heavy atom. The lowest BCUT2D eigenvalue weighted by Gasteiger charge is -2.26. The second-order valence-electron chi connectivity index (χ2n) is 15.7. The molecule has 0 spiro atoms. The third-order valence-corrected chi connectivity index (χ3v) is 12.4. The van der Waals surface area contributed by atoms with Crippen LogP contribution in [0.25, 0.3) is 27.7 Å². The summed E-state index contributed by atoms with van der Waals surface area (Å²) in [7, 11) is 0. The molecule has 1 saturated carbocycles. The molecule has 1 fully saturated rings. The Kier molecular flexibility index (Phi) is 12.7. The minimum Gasteiger partial charge on any atom is -0.383 e. The third kappa shape index (κ3) is 9.27. The number of hydrogen-bond donors (Lipinski definition) is 3. The number of halogens is 10. The van der Waals surface area contributed by atoms with Crippen LogP contribution in [0.3, 0.4) is 0 Å². The molecule has 0 bridgehead atoms. The molecule has 65 heavy (non-hydrogen) atoms. The summed E-state index contributed by atoms with van der Waals surface area (Å²) in [5.41, 5.74) is 2.95. The first-order valence-electron chi connectivity index (χ1n) is 20.1. The molecule has 1 amide bonds. The highest BCUT2D eigenvalue weighted by molar-refractivity contribution is 7.99.